The molecule has 0 aliphatic carbocycles. The lowest BCUT2D eigenvalue weighted by Gasteiger charge is -2.32. The van der Waals surface area contributed by atoms with Crippen molar-refractivity contribution in [3.05, 3.63) is 24.3 Å². The number of nitrogens with two attached hydrogens (primary N) is 1. The molecule has 1 aromatic rings. The molecule has 21 heavy (non-hydrogen) atoms. The van der Waals surface area contributed by atoms with E-state index in [0.717, 1.165) is 19.3 Å². The summed E-state index contributed by atoms with van der Waals surface area (Å²) in [6.07, 6.45) is 2.81. The molecule has 2 rings (SSSR count). The van der Waals surface area contributed by atoms with E-state index in [0.29, 0.717) is 31.3 Å². The van der Waals surface area contributed by atoms with Gasteiger partial charge in [0.25, 0.3) is 0 Å². The Labute approximate surface area is 132 Å². The molecule has 0 amide bonds. The second kappa shape index (κ2) is 7.98. The van der Waals surface area contributed by atoms with Gasteiger partial charge in [-0.1, -0.05) is 12.1 Å². The summed E-state index contributed by atoms with van der Waals surface area (Å²) >= 11 is 0. The van der Waals surface area contributed by atoms with Crippen LogP contribution >= 0.6 is 12.4 Å². The van der Waals surface area contributed by atoms with Crippen LogP contribution in [0.5, 0.6) is 5.75 Å². The molecule has 1 saturated heterocycles. The first-order chi connectivity index (χ1) is 9.59. The fraction of sp³-hybridized carbons (Fsp3) is 0.571. The molecule has 2 N–H and O–H groups in total. The van der Waals surface area contributed by atoms with Crippen LogP contribution in [0.15, 0.2) is 29.2 Å². The Morgan fingerprint density at radius 2 is 2.10 bits per heavy atom. The highest BCUT2D eigenvalue weighted by Gasteiger charge is 2.31. The van der Waals surface area contributed by atoms with Crippen molar-refractivity contribution in [2.45, 2.75) is 24.2 Å². The maximum Gasteiger partial charge on any atom is 0.246 e. The zero-order chi connectivity index (χ0) is 14.6. The molecule has 120 valence electrons. The summed E-state index contributed by atoms with van der Waals surface area (Å²) in [5.41, 5.74) is 5.58. The molecule has 1 aliphatic heterocycles. The maximum atomic E-state index is 12.7. The number of hydrogen-bond acceptors (Lipinski definition) is 4. The Bertz CT molecular complexity index is 549. The topological polar surface area (TPSA) is 72.6 Å². The molecule has 1 atom stereocenters. The first-order valence-electron chi connectivity index (χ1n) is 6.93. The van der Waals surface area contributed by atoms with E-state index < -0.39 is 10.0 Å². The van der Waals surface area contributed by atoms with Crippen LogP contribution in [0.2, 0.25) is 0 Å². The Morgan fingerprint density at radius 3 is 2.76 bits per heavy atom. The highest BCUT2D eigenvalue weighted by atomic mass is 35.5. The third-order valence-electron chi connectivity index (χ3n) is 3.74. The number of nitrogens with zero attached hydrogens (tertiary/aromatic N) is 1. The molecule has 7 heteroatoms. The predicted octanol–water partition coefficient (Wildman–Crippen LogP) is 1.87. The third kappa shape index (κ3) is 4.10. The van der Waals surface area contributed by atoms with E-state index in [9.17, 15) is 8.42 Å². The highest BCUT2D eigenvalue weighted by molar-refractivity contribution is 7.89. The third-order valence-corrected chi connectivity index (χ3v) is 5.65. The number of methoxy groups -OCH3 is 1. The van der Waals surface area contributed by atoms with Crippen LogP contribution in [-0.4, -0.2) is 39.5 Å². The maximum absolute atomic E-state index is 12.7. The van der Waals surface area contributed by atoms with Crippen LogP contribution in [0.3, 0.4) is 0 Å². The second-order valence-corrected chi connectivity index (χ2v) is 7.01. The van der Waals surface area contributed by atoms with E-state index in [1.807, 2.05) is 0 Å². The highest BCUT2D eigenvalue weighted by Crippen LogP contribution is 2.30. The predicted molar refractivity (Wildman–Crippen MR) is 85.4 cm³/mol. The van der Waals surface area contributed by atoms with Gasteiger partial charge in [0.15, 0.2) is 0 Å². The Morgan fingerprint density at radius 1 is 1.38 bits per heavy atom. The summed E-state index contributed by atoms with van der Waals surface area (Å²) in [5.74, 6) is 0.756. The van der Waals surface area contributed by atoms with E-state index in [-0.39, 0.29) is 17.3 Å². The molecule has 1 aromatic carbocycles. The van der Waals surface area contributed by atoms with Crippen molar-refractivity contribution in [2.24, 2.45) is 11.7 Å². The molecule has 0 radical (unpaired) electrons. The Balaban J connectivity index is 0.00000220. The van der Waals surface area contributed by atoms with Gasteiger partial charge in [-0.3, -0.25) is 0 Å². The van der Waals surface area contributed by atoms with Crippen LogP contribution in [0.4, 0.5) is 0 Å². The monoisotopic (exact) mass is 334 g/mol. The lowest BCUT2D eigenvalue weighted by molar-refractivity contribution is 0.257. The molecule has 1 heterocycles. The summed E-state index contributed by atoms with van der Waals surface area (Å²) in [7, 11) is -2.00. The van der Waals surface area contributed by atoms with Crippen LogP contribution < -0.4 is 10.5 Å². The number of sulfonamides is 1. The fourth-order valence-electron chi connectivity index (χ4n) is 2.69. The van der Waals surface area contributed by atoms with Gasteiger partial charge >= 0.3 is 0 Å². The van der Waals surface area contributed by atoms with Crippen molar-refractivity contribution in [3.63, 3.8) is 0 Å². The van der Waals surface area contributed by atoms with Crippen molar-refractivity contribution >= 4 is 22.4 Å². The van der Waals surface area contributed by atoms with Crippen LogP contribution in [-0.2, 0) is 10.0 Å². The summed E-state index contributed by atoms with van der Waals surface area (Å²) in [6, 6.07) is 6.76. The van der Waals surface area contributed by atoms with Crippen LogP contribution in [0.1, 0.15) is 19.3 Å². The fourth-order valence-corrected chi connectivity index (χ4v) is 4.40. The van der Waals surface area contributed by atoms with Gasteiger partial charge in [-0.15, -0.1) is 12.4 Å². The molecule has 0 bridgehead atoms. The van der Waals surface area contributed by atoms with Gasteiger partial charge in [-0.25, -0.2) is 8.42 Å². The van der Waals surface area contributed by atoms with Gasteiger partial charge in [0.1, 0.15) is 10.6 Å². The Kier molecular flexibility index (Phi) is 6.93. The van der Waals surface area contributed by atoms with Crippen molar-refractivity contribution in [1.82, 2.24) is 4.31 Å². The van der Waals surface area contributed by atoms with Gasteiger partial charge in [-0.05, 0) is 43.9 Å². The van der Waals surface area contributed by atoms with Gasteiger partial charge in [0.2, 0.25) is 10.0 Å². The van der Waals surface area contributed by atoms with E-state index in [1.54, 1.807) is 28.6 Å². The normalized spacial score (nSPS) is 19.8. The molecule has 0 aromatic heterocycles. The van der Waals surface area contributed by atoms with Gasteiger partial charge in [0.05, 0.1) is 7.11 Å². The molecule has 1 fully saturated rings. The summed E-state index contributed by atoms with van der Waals surface area (Å²) in [6.45, 7) is 1.73. The zero-order valence-corrected chi connectivity index (χ0v) is 13.8. The Hall–Kier alpha value is -0.820. The lowest BCUT2D eigenvalue weighted by atomic mass is 9.96. The molecular weight excluding hydrogens is 312 g/mol. The number of para-hydroxylation sites is 1. The average Bonchev–Trinajstić information content (AvgIpc) is 2.48. The molecule has 1 aliphatic rings. The van der Waals surface area contributed by atoms with Gasteiger partial charge in [-0.2, -0.15) is 4.31 Å². The minimum absolute atomic E-state index is 0. The van der Waals surface area contributed by atoms with Gasteiger partial charge < -0.3 is 10.5 Å². The summed E-state index contributed by atoms with van der Waals surface area (Å²) in [4.78, 5) is 0.246. The number of halogens is 1. The standard InChI is InChI=1S/C14H22N2O3S.ClH/c1-19-13-6-2-3-7-14(13)20(17,18)16-10-4-5-12(11-16)8-9-15;/h2-3,6-7,12H,4-5,8-11,15H2,1H3;1H. The first-order valence-corrected chi connectivity index (χ1v) is 8.37. The molecule has 5 nitrogen and oxygen atoms in total. The number of benzene rings is 1. The quantitative estimate of drug-likeness (QED) is 0.892. The lowest BCUT2D eigenvalue weighted by Crippen LogP contribution is -2.40. The van der Waals surface area contributed by atoms with Crippen LogP contribution in [0.25, 0.3) is 0 Å². The minimum atomic E-state index is -3.49. The number of piperidine rings is 1. The smallest absolute Gasteiger partial charge is 0.246 e. The van der Waals surface area contributed by atoms with E-state index >= 15 is 0 Å². The zero-order valence-electron chi connectivity index (χ0n) is 12.2. The van der Waals surface area contributed by atoms with Crippen LogP contribution in [0, 0.1) is 5.92 Å². The number of ether oxygens (including phenoxy) is 1. The number of rotatable bonds is 5. The van der Waals surface area contributed by atoms with E-state index in [1.165, 1.54) is 7.11 Å². The van der Waals surface area contributed by atoms with E-state index in [4.69, 9.17) is 10.5 Å². The van der Waals surface area contributed by atoms with Gasteiger partial charge in [0, 0.05) is 13.1 Å². The molecule has 0 spiro atoms. The van der Waals surface area contributed by atoms with Crippen molar-refractivity contribution in [2.75, 3.05) is 26.7 Å². The molecular formula is C14H23ClN2O3S. The molecule has 1 unspecified atom stereocenters. The first kappa shape index (κ1) is 18.2. The SMILES string of the molecule is COc1ccccc1S(=O)(=O)N1CCCC(CCN)C1.Cl. The minimum Gasteiger partial charge on any atom is -0.495 e. The van der Waals surface area contributed by atoms with Crippen molar-refractivity contribution in [1.29, 1.82) is 0 Å². The van der Waals surface area contributed by atoms with Crippen molar-refractivity contribution in [3.8, 4) is 5.75 Å². The summed E-state index contributed by atoms with van der Waals surface area (Å²) < 4.78 is 32.2. The van der Waals surface area contributed by atoms with E-state index in [2.05, 4.69) is 0 Å². The summed E-state index contributed by atoms with van der Waals surface area (Å²) in [5, 5.41) is 0. The second-order valence-electron chi connectivity index (χ2n) is 5.10. The number of hydrogen-bond donors (Lipinski definition) is 1. The largest absolute Gasteiger partial charge is 0.495 e. The average molecular weight is 335 g/mol. The van der Waals surface area contributed by atoms with Crippen molar-refractivity contribution < 1.29 is 13.2 Å². The molecule has 0 saturated carbocycles.